The maximum Gasteiger partial charge on any atom is 0.573 e. The second-order valence-electron chi connectivity index (χ2n) is 7.04. The quantitative estimate of drug-likeness (QED) is 0.408. The Morgan fingerprint density at radius 3 is 2.25 bits per heavy atom. The summed E-state index contributed by atoms with van der Waals surface area (Å²) < 4.78 is 80.6. The van der Waals surface area contributed by atoms with Gasteiger partial charge in [-0.1, -0.05) is 18.2 Å². The van der Waals surface area contributed by atoms with Crippen molar-refractivity contribution < 1.29 is 31.1 Å². The maximum atomic E-state index is 13.0. The molecule has 1 aromatic heterocycles. The number of nitrogens with zero attached hydrogens (tertiary/aromatic N) is 2. The summed E-state index contributed by atoms with van der Waals surface area (Å²) in [6, 6.07) is 11.1. The van der Waals surface area contributed by atoms with Crippen LogP contribution in [-0.2, 0) is 6.18 Å². The van der Waals surface area contributed by atoms with E-state index < -0.39 is 23.9 Å². The molecule has 0 atom stereocenters. The summed E-state index contributed by atoms with van der Waals surface area (Å²) in [5.41, 5.74) is -0.165. The molecule has 0 spiro atoms. The van der Waals surface area contributed by atoms with Crippen LogP contribution in [0.4, 0.5) is 43.8 Å². The van der Waals surface area contributed by atoms with Gasteiger partial charge in [-0.05, 0) is 44.2 Å². The van der Waals surface area contributed by atoms with Crippen molar-refractivity contribution in [3.05, 3.63) is 60.2 Å². The molecule has 3 aromatic rings. The highest BCUT2D eigenvalue weighted by Crippen LogP contribution is 2.32. The van der Waals surface area contributed by atoms with Crippen molar-refractivity contribution in [2.24, 2.45) is 0 Å². The van der Waals surface area contributed by atoms with Gasteiger partial charge in [0.15, 0.2) is 0 Å². The van der Waals surface area contributed by atoms with Gasteiger partial charge in [0.05, 0.1) is 11.3 Å². The van der Waals surface area contributed by atoms with Crippen LogP contribution in [0.3, 0.4) is 0 Å². The summed E-state index contributed by atoms with van der Waals surface area (Å²) in [6.45, 7) is 3.65. The number of anilines is 3. The lowest BCUT2D eigenvalue weighted by Crippen LogP contribution is -2.17. The lowest BCUT2D eigenvalue weighted by Gasteiger charge is -2.15. The molecule has 0 saturated carbocycles. The van der Waals surface area contributed by atoms with Crippen molar-refractivity contribution >= 4 is 17.5 Å². The van der Waals surface area contributed by atoms with E-state index in [1.165, 1.54) is 30.3 Å². The minimum absolute atomic E-state index is 0.0773. The summed E-state index contributed by atoms with van der Waals surface area (Å²) in [4.78, 5) is 8.54. The predicted octanol–water partition coefficient (Wildman–Crippen LogP) is 6.62. The lowest BCUT2D eigenvalue weighted by molar-refractivity contribution is -0.274. The van der Waals surface area contributed by atoms with Crippen LogP contribution < -0.4 is 15.4 Å². The van der Waals surface area contributed by atoms with Crippen LogP contribution in [-0.4, -0.2) is 22.4 Å². The minimum Gasteiger partial charge on any atom is -0.406 e. The van der Waals surface area contributed by atoms with Crippen LogP contribution in [0, 0.1) is 0 Å². The first-order valence-corrected chi connectivity index (χ1v) is 9.35. The lowest BCUT2D eigenvalue weighted by atomic mass is 10.1. The number of aromatic nitrogens is 2. The highest BCUT2D eigenvalue weighted by atomic mass is 19.4. The van der Waals surface area contributed by atoms with Crippen molar-refractivity contribution in [2.45, 2.75) is 32.4 Å². The number of hydrogen-bond donors (Lipinski definition) is 2. The number of halogens is 6. The SMILES string of the molecule is CC(C)Nc1nc(Nc2cccc(C(F)(F)F)c2)cc(-c2cccc(OC(F)(F)F)c2)n1. The number of hydrogen-bond acceptors (Lipinski definition) is 5. The molecule has 0 aliphatic rings. The van der Waals surface area contributed by atoms with Crippen LogP contribution in [0.5, 0.6) is 5.75 Å². The molecule has 11 heteroatoms. The molecule has 0 fully saturated rings. The van der Waals surface area contributed by atoms with E-state index in [1.54, 1.807) is 0 Å². The zero-order valence-electron chi connectivity index (χ0n) is 16.8. The molecule has 32 heavy (non-hydrogen) atoms. The Kier molecular flexibility index (Phi) is 6.47. The second kappa shape index (κ2) is 8.93. The van der Waals surface area contributed by atoms with Gasteiger partial charge >= 0.3 is 12.5 Å². The fraction of sp³-hybridized carbons (Fsp3) is 0.238. The normalized spacial score (nSPS) is 12.0. The Labute approximate surface area is 179 Å². The van der Waals surface area contributed by atoms with Gasteiger partial charge in [-0.2, -0.15) is 18.2 Å². The van der Waals surface area contributed by atoms with Gasteiger partial charge in [0.25, 0.3) is 0 Å². The second-order valence-corrected chi connectivity index (χ2v) is 7.04. The van der Waals surface area contributed by atoms with Gasteiger partial charge in [0.2, 0.25) is 5.95 Å². The third-order valence-electron chi connectivity index (χ3n) is 3.97. The van der Waals surface area contributed by atoms with Crippen LogP contribution in [0.15, 0.2) is 54.6 Å². The average Bonchev–Trinajstić information content (AvgIpc) is 2.66. The molecule has 0 amide bonds. The largest absolute Gasteiger partial charge is 0.573 e. The number of ether oxygens (including phenoxy) is 1. The van der Waals surface area contributed by atoms with Crippen LogP contribution in [0.2, 0.25) is 0 Å². The van der Waals surface area contributed by atoms with E-state index in [2.05, 4.69) is 25.3 Å². The monoisotopic (exact) mass is 456 g/mol. The van der Waals surface area contributed by atoms with Gasteiger partial charge in [0, 0.05) is 23.4 Å². The van der Waals surface area contributed by atoms with Crippen molar-refractivity contribution in [2.75, 3.05) is 10.6 Å². The Morgan fingerprint density at radius 2 is 1.59 bits per heavy atom. The molecule has 170 valence electrons. The fourth-order valence-electron chi connectivity index (χ4n) is 2.76. The van der Waals surface area contributed by atoms with Gasteiger partial charge in [-0.25, -0.2) is 4.98 Å². The first-order chi connectivity index (χ1) is 14.9. The number of rotatable bonds is 6. The van der Waals surface area contributed by atoms with E-state index >= 15 is 0 Å². The smallest absolute Gasteiger partial charge is 0.406 e. The van der Waals surface area contributed by atoms with Gasteiger partial charge in [-0.3, -0.25) is 0 Å². The van der Waals surface area contributed by atoms with E-state index in [0.29, 0.717) is 5.56 Å². The molecule has 1 heterocycles. The summed E-state index contributed by atoms with van der Waals surface area (Å²) in [6.07, 6.45) is -9.37. The van der Waals surface area contributed by atoms with E-state index in [-0.39, 0.29) is 29.2 Å². The minimum atomic E-state index is -4.86. The first kappa shape index (κ1) is 23.2. The topological polar surface area (TPSA) is 59.1 Å². The Morgan fingerprint density at radius 1 is 0.875 bits per heavy atom. The summed E-state index contributed by atoms with van der Waals surface area (Å²) in [5.74, 6) is -0.131. The Bertz CT molecular complexity index is 1080. The van der Waals surface area contributed by atoms with Gasteiger partial charge in [0.1, 0.15) is 11.6 Å². The summed E-state index contributed by atoms with van der Waals surface area (Å²) in [7, 11) is 0. The molecule has 0 aliphatic heterocycles. The molecule has 3 rings (SSSR count). The molecular formula is C21H18F6N4O. The fourth-order valence-corrected chi connectivity index (χ4v) is 2.76. The first-order valence-electron chi connectivity index (χ1n) is 9.35. The standard InChI is InChI=1S/C21H18F6N4O/c1-12(2)28-19-30-17(13-5-3-8-16(9-13)32-21(25,26)27)11-18(31-19)29-15-7-4-6-14(10-15)20(22,23)24/h3-12H,1-2H3,(H2,28,29,30,31). The summed E-state index contributed by atoms with van der Waals surface area (Å²) >= 11 is 0. The van der Waals surface area contributed by atoms with Crippen LogP contribution in [0.25, 0.3) is 11.3 Å². The van der Waals surface area contributed by atoms with E-state index in [9.17, 15) is 26.3 Å². The molecule has 2 aromatic carbocycles. The number of alkyl halides is 6. The van der Waals surface area contributed by atoms with Crippen molar-refractivity contribution in [3.63, 3.8) is 0 Å². The highest BCUT2D eigenvalue weighted by Gasteiger charge is 2.31. The molecule has 0 unspecified atom stereocenters. The van der Waals surface area contributed by atoms with Gasteiger partial charge in [-0.15, -0.1) is 13.2 Å². The molecule has 0 bridgehead atoms. The predicted molar refractivity (Wildman–Crippen MR) is 108 cm³/mol. The van der Waals surface area contributed by atoms with E-state index in [4.69, 9.17) is 0 Å². The van der Waals surface area contributed by atoms with Crippen LogP contribution >= 0.6 is 0 Å². The average molecular weight is 456 g/mol. The molecule has 0 saturated heterocycles. The van der Waals surface area contributed by atoms with Crippen molar-refractivity contribution in [1.82, 2.24) is 9.97 Å². The van der Waals surface area contributed by atoms with Gasteiger partial charge < -0.3 is 15.4 Å². The number of nitrogens with one attached hydrogen (secondary N) is 2. The zero-order chi connectivity index (χ0) is 23.5. The molecule has 5 nitrogen and oxygen atoms in total. The third-order valence-corrected chi connectivity index (χ3v) is 3.97. The van der Waals surface area contributed by atoms with Crippen LogP contribution in [0.1, 0.15) is 19.4 Å². The zero-order valence-corrected chi connectivity index (χ0v) is 16.8. The van der Waals surface area contributed by atoms with E-state index in [1.807, 2.05) is 13.8 Å². The number of benzene rings is 2. The molecule has 2 N–H and O–H groups in total. The molecule has 0 aliphatic carbocycles. The van der Waals surface area contributed by atoms with Crippen molar-refractivity contribution in [3.8, 4) is 17.0 Å². The molecule has 0 radical (unpaired) electrons. The third kappa shape index (κ3) is 6.50. The Balaban J connectivity index is 1.99. The van der Waals surface area contributed by atoms with Crippen molar-refractivity contribution in [1.29, 1.82) is 0 Å². The summed E-state index contributed by atoms with van der Waals surface area (Å²) in [5, 5.41) is 5.77. The molecular weight excluding hydrogens is 438 g/mol. The Hall–Kier alpha value is -3.50. The van der Waals surface area contributed by atoms with E-state index in [0.717, 1.165) is 24.3 Å². The maximum absolute atomic E-state index is 13.0. The highest BCUT2D eigenvalue weighted by molar-refractivity contribution is 5.68.